The topological polar surface area (TPSA) is 66.8 Å². The SMILES string of the molecule is CCCCCC/C=C/C=C/CCCCCCC(OO)C(=O)O. The molecule has 0 bridgehead atoms. The van der Waals surface area contributed by atoms with Crippen molar-refractivity contribution in [3.63, 3.8) is 0 Å². The molecule has 4 heteroatoms. The van der Waals surface area contributed by atoms with Gasteiger partial charge in [0.25, 0.3) is 0 Å². The van der Waals surface area contributed by atoms with E-state index in [9.17, 15) is 4.79 Å². The number of carbonyl (C=O) groups is 1. The highest BCUT2D eigenvalue weighted by atomic mass is 17.1. The minimum atomic E-state index is -1.10. The van der Waals surface area contributed by atoms with Crippen molar-refractivity contribution in [2.45, 2.75) is 83.7 Å². The summed E-state index contributed by atoms with van der Waals surface area (Å²) in [5.74, 6) is -1.10. The Bertz CT molecular complexity index is 310. The predicted molar refractivity (Wildman–Crippen MR) is 89.9 cm³/mol. The molecule has 0 amide bonds. The Hall–Kier alpha value is -1.13. The summed E-state index contributed by atoms with van der Waals surface area (Å²) in [6.45, 7) is 2.23. The fraction of sp³-hybridized carbons (Fsp3) is 0.722. The highest BCUT2D eigenvalue weighted by Crippen LogP contribution is 2.09. The van der Waals surface area contributed by atoms with E-state index in [4.69, 9.17) is 10.4 Å². The molecule has 1 atom stereocenters. The zero-order chi connectivity index (χ0) is 16.5. The van der Waals surface area contributed by atoms with Crippen molar-refractivity contribution in [3.8, 4) is 0 Å². The number of hydrogen-bond donors (Lipinski definition) is 2. The molecule has 0 aromatic rings. The van der Waals surface area contributed by atoms with Crippen molar-refractivity contribution in [2.24, 2.45) is 0 Å². The standard InChI is InChI=1S/C18H32O4/c1-2-3-4-5-6-7-8-9-10-11-12-13-14-15-16-17(22-21)18(19)20/h7-10,17,21H,2-6,11-16H2,1H3,(H,19,20)/b8-7+,10-9+. The van der Waals surface area contributed by atoms with E-state index >= 15 is 0 Å². The highest BCUT2D eigenvalue weighted by Gasteiger charge is 2.16. The fourth-order valence-corrected chi connectivity index (χ4v) is 2.21. The fourth-order valence-electron chi connectivity index (χ4n) is 2.21. The quantitative estimate of drug-likeness (QED) is 0.185. The van der Waals surface area contributed by atoms with Gasteiger partial charge < -0.3 is 5.11 Å². The van der Waals surface area contributed by atoms with Crippen LogP contribution in [0.25, 0.3) is 0 Å². The van der Waals surface area contributed by atoms with Gasteiger partial charge in [-0.25, -0.2) is 9.68 Å². The maximum atomic E-state index is 10.6. The molecule has 0 rings (SSSR count). The molecule has 0 aliphatic heterocycles. The van der Waals surface area contributed by atoms with Crippen LogP contribution in [0.2, 0.25) is 0 Å². The summed E-state index contributed by atoms with van der Waals surface area (Å²) in [6, 6.07) is 0. The molecule has 0 aromatic heterocycles. The maximum absolute atomic E-state index is 10.6. The van der Waals surface area contributed by atoms with Crippen LogP contribution < -0.4 is 0 Å². The van der Waals surface area contributed by atoms with E-state index in [-0.39, 0.29) is 0 Å². The summed E-state index contributed by atoms with van der Waals surface area (Å²) in [7, 11) is 0. The molecule has 0 aliphatic rings. The van der Waals surface area contributed by atoms with Crippen molar-refractivity contribution in [1.82, 2.24) is 0 Å². The van der Waals surface area contributed by atoms with Gasteiger partial charge in [-0.3, -0.25) is 5.26 Å². The van der Waals surface area contributed by atoms with Crippen molar-refractivity contribution in [3.05, 3.63) is 24.3 Å². The average molecular weight is 312 g/mol. The summed E-state index contributed by atoms with van der Waals surface area (Å²) in [5.41, 5.74) is 0. The third-order valence-electron chi connectivity index (χ3n) is 3.60. The molecule has 0 radical (unpaired) electrons. The second-order valence-corrected chi connectivity index (χ2v) is 5.63. The lowest BCUT2D eigenvalue weighted by Crippen LogP contribution is -2.22. The first-order valence-electron chi connectivity index (χ1n) is 8.57. The number of rotatable bonds is 15. The molecule has 0 aromatic carbocycles. The van der Waals surface area contributed by atoms with Crippen LogP contribution in [0.15, 0.2) is 24.3 Å². The highest BCUT2D eigenvalue weighted by molar-refractivity contribution is 5.72. The molecular formula is C18H32O4. The van der Waals surface area contributed by atoms with Gasteiger partial charge in [-0.2, -0.15) is 0 Å². The molecule has 4 nitrogen and oxygen atoms in total. The predicted octanol–water partition coefficient (Wildman–Crippen LogP) is 5.35. The van der Waals surface area contributed by atoms with Crippen molar-refractivity contribution >= 4 is 5.97 Å². The number of hydrogen-bond acceptors (Lipinski definition) is 3. The lowest BCUT2D eigenvalue weighted by Gasteiger charge is -2.07. The van der Waals surface area contributed by atoms with Crippen LogP contribution in [0.1, 0.15) is 77.6 Å². The lowest BCUT2D eigenvalue weighted by atomic mass is 10.1. The van der Waals surface area contributed by atoms with Gasteiger partial charge in [0.1, 0.15) is 0 Å². The molecule has 128 valence electrons. The van der Waals surface area contributed by atoms with Crippen LogP contribution in [0.5, 0.6) is 0 Å². The Morgan fingerprint density at radius 1 is 0.955 bits per heavy atom. The van der Waals surface area contributed by atoms with Gasteiger partial charge in [-0.15, -0.1) is 0 Å². The van der Waals surface area contributed by atoms with E-state index in [0.29, 0.717) is 6.42 Å². The summed E-state index contributed by atoms with van der Waals surface area (Å²) >= 11 is 0. The average Bonchev–Trinajstić information content (AvgIpc) is 2.51. The van der Waals surface area contributed by atoms with Crippen LogP contribution in [0.3, 0.4) is 0 Å². The molecule has 22 heavy (non-hydrogen) atoms. The van der Waals surface area contributed by atoms with Gasteiger partial charge in [0.2, 0.25) is 0 Å². The summed E-state index contributed by atoms with van der Waals surface area (Å²) in [4.78, 5) is 14.5. The molecule has 0 fully saturated rings. The molecule has 0 saturated carbocycles. The maximum Gasteiger partial charge on any atom is 0.336 e. The molecule has 1 unspecified atom stereocenters. The monoisotopic (exact) mass is 312 g/mol. The van der Waals surface area contributed by atoms with Crippen LogP contribution in [0, 0.1) is 0 Å². The van der Waals surface area contributed by atoms with Crippen LogP contribution in [-0.4, -0.2) is 22.4 Å². The van der Waals surface area contributed by atoms with E-state index in [2.05, 4.69) is 36.1 Å². The third-order valence-corrected chi connectivity index (χ3v) is 3.60. The molecule has 0 heterocycles. The van der Waals surface area contributed by atoms with Crippen LogP contribution in [0.4, 0.5) is 0 Å². The second-order valence-electron chi connectivity index (χ2n) is 5.63. The largest absolute Gasteiger partial charge is 0.479 e. The van der Waals surface area contributed by atoms with E-state index in [0.717, 1.165) is 32.1 Å². The number of carboxylic acid groups (broad SMARTS) is 1. The zero-order valence-electron chi connectivity index (χ0n) is 13.9. The third kappa shape index (κ3) is 13.8. The normalized spacial score (nSPS) is 13.2. The molecule has 2 N–H and O–H groups in total. The lowest BCUT2D eigenvalue weighted by molar-refractivity contribution is -0.277. The Balaban J connectivity index is 3.36. The number of aliphatic carboxylic acids is 1. The number of allylic oxidation sites excluding steroid dienone is 4. The van der Waals surface area contributed by atoms with Crippen molar-refractivity contribution in [2.75, 3.05) is 0 Å². The second kappa shape index (κ2) is 16.2. The van der Waals surface area contributed by atoms with Crippen molar-refractivity contribution in [1.29, 1.82) is 0 Å². The smallest absolute Gasteiger partial charge is 0.336 e. The Morgan fingerprint density at radius 3 is 2.00 bits per heavy atom. The van der Waals surface area contributed by atoms with Gasteiger partial charge in [0.05, 0.1) is 0 Å². The van der Waals surface area contributed by atoms with Gasteiger partial charge in [0, 0.05) is 0 Å². The Kier molecular flexibility index (Phi) is 15.4. The first kappa shape index (κ1) is 20.9. The zero-order valence-corrected chi connectivity index (χ0v) is 13.9. The first-order valence-corrected chi connectivity index (χ1v) is 8.57. The van der Waals surface area contributed by atoms with E-state index < -0.39 is 12.1 Å². The van der Waals surface area contributed by atoms with E-state index in [1.165, 1.54) is 32.1 Å². The summed E-state index contributed by atoms with van der Waals surface area (Å²) < 4.78 is 0. The molecule has 0 aliphatic carbocycles. The first-order chi connectivity index (χ1) is 10.7. The molecular weight excluding hydrogens is 280 g/mol. The Labute approximate surface area is 134 Å². The van der Waals surface area contributed by atoms with Crippen LogP contribution >= 0.6 is 0 Å². The van der Waals surface area contributed by atoms with Gasteiger partial charge >= 0.3 is 5.97 Å². The van der Waals surface area contributed by atoms with Crippen molar-refractivity contribution < 1.29 is 20.0 Å². The van der Waals surface area contributed by atoms with E-state index in [1.54, 1.807) is 0 Å². The van der Waals surface area contributed by atoms with Gasteiger partial charge in [-0.1, -0.05) is 69.8 Å². The summed E-state index contributed by atoms with van der Waals surface area (Å²) in [6.07, 6.45) is 19.3. The summed E-state index contributed by atoms with van der Waals surface area (Å²) in [5, 5.41) is 17.1. The van der Waals surface area contributed by atoms with E-state index in [1.807, 2.05) is 0 Å². The molecule has 0 saturated heterocycles. The number of carboxylic acids is 1. The minimum Gasteiger partial charge on any atom is -0.479 e. The van der Waals surface area contributed by atoms with Crippen LogP contribution in [-0.2, 0) is 9.68 Å². The molecule has 0 spiro atoms. The minimum absolute atomic E-state index is 0.364. The number of unbranched alkanes of at least 4 members (excludes halogenated alkanes) is 8. The van der Waals surface area contributed by atoms with Gasteiger partial charge in [-0.05, 0) is 32.1 Å². The van der Waals surface area contributed by atoms with Gasteiger partial charge in [0.15, 0.2) is 6.10 Å². The Morgan fingerprint density at radius 2 is 1.50 bits per heavy atom.